The Balaban J connectivity index is 2.65. The van der Waals surface area contributed by atoms with Crippen molar-refractivity contribution in [3.8, 4) is 0 Å². The molecular weight excluding hydrogens is 255 g/mol. The first kappa shape index (κ1) is 16.7. The zero-order valence-electron chi connectivity index (χ0n) is 12.7. The van der Waals surface area contributed by atoms with Gasteiger partial charge >= 0.3 is 7.48 Å². The summed E-state index contributed by atoms with van der Waals surface area (Å²) in [5.74, 6) is -0.197. The van der Waals surface area contributed by atoms with Crippen molar-refractivity contribution in [1.82, 2.24) is 10.3 Å². The quantitative estimate of drug-likeness (QED) is 0.749. The van der Waals surface area contributed by atoms with Gasteiger partial charge in [-0.2, -0.15) is 0 Å². The third-order valence-corrected chi connectivity index (χ3v) is 3.32. The number of amides is 1. The molecule has 0 aliphatic carbocycles. The molecule has 0 unspecified atom stereocenters. The number of nitrogens with zero attached hydrogens (tertiary/aromatic N) is 1. The first-order valence-corrected chi connectivity index (χ1v) is 6.65. The van der Waals surface area contributed by atoms with Gasteiger partial charge < -0.3 is 15.1 Å². The number of carbonyl (C=O) groups excluding carboxylic acids is 1. The Morgan fingerprint density at radius 2 is 2.05 bits per heavy atom. The fourth-order valence-corrected chi connectivity index (χ4v) is 1.22. The number of aliphatic hydroxyl groups is 1. The lowest BCUT2D eigenvalue weighted by Crippen LogP contribution is -2.49. The van der Waals surface area contributed by atoms with Crippen LogP contribution >= 0.6 is 0 Å². The number of rotatable bonds is 6. The largest absolute Gasteiger partial charge is 0.427 e. The van der Waals surface area contributed by atoms with E-state index in [1.807, 2.05) is 6.92 Å². The summed E-state index contributed by atoms with van der Waals surface area (Å²) in [7, 11) is 1.53. The highest BCUT2D eigenvalue weighted by atomic mass is 16.5. The van der Waals surface area contributed by atoms with Crippen LogP contribution in [0.2, 0.25) is 0 Å². The molecule has 0 aliphatic heterocycles. The van der Waals surface area contributed by atoms with Crippen molar-refractivity contribution in [2.45, 2.75) is 45.8 Å². The molecule has 6 heteroatoms. The zero-order valence-corrected chi connectivity index (χ0v) is 12.7. The van der Waals surface area contributed by atoms with E-state index in [1.165, 1.54) is 7.48 Å². The Kier molecular flexibility index (Phi) is 5.31. The fourth-order valence-electron chi connectivity index (χ4n) is 1.22. The van der Waals surface area contributed by atoms with Crippen molar-refractivity contribution < 1.29 is 14.6 Å². The minimum atomic E-state index is -0.974. The predicted molar refractivity (Wildman–Crippen MR) is 79.1 cm³/mol. The molecule has 1 radical (unpaired) electrons. The van der Waals surface area contributed by atoms with Crippen molar-refractivity contribution in [2.24, 2.45) is 0 Å². The molecule has 109 valence electrons. The van der Waals surface area contributed by atoms with E-state index < -0.39 is 11.2 Å². The Bertz CT molecular complexity index is 452. The van der Waals surface area contributed by atoms with Crippen LogP contribution in [0.3, 0.4) is 0 Å². The second-order valence-electron chi connectivity index (χ2n) is 5.64. The van der Waals surface area contributed by atoms with Gasteiger partial charge in [-0.1, -0.05) is 6.07 Å². The van der Waals surface area contributed by atoms with Crippen LogP contribution in [0.4, 0.5) is 0 Å². The van der Waals surface area contributed by atoms with Crippen molar-refractivity contribution >= 4 is 18.9 Å². The first-order valence-electron chi connectivity index (χ1n) is 6.65. The molecule has 1 aromatic rings. The molecule has 1 amide bonds. The molecule has 1 heterocycles. The number of hydrogen-bond donors (Lipinski definition) is 2. The Morgan fingerprint density at radius 3 is 2.50 bits per heavy atom. The van der Waals surface area contributed by atoms with E-state index in [1.54, 1.807) is 46.0 Å². The van der Waals surface area contributed by atoms with E-state index >= 15 is 0 Å². The SMILES string of the molecule is CCNC(=O)c1ccc([B]OC(C)(C)C(C)(C)O)cn1. The van der Waals surface area contributed by atoms with Gasteiger partial charge in [-0.3, -0.25) is 9.78 Å². The Labute approximate surface area is 121 Å². The molecule has 1 rings (SSSR count). The van der Waals surface area contributed by atoms with E-state index in [4.69, 9.17) is 4.65 Å². The van der Waals surface area contributed by atoms with E-state index in [-0.39, 0.29) is 5.91 Å². The average Bonchev–Trinajstić information content (AvgIpc) is 2.36. The van der Waals surface area contributed by atoms with Crippen molar-refractivity contribution in [1.29, 1.82) is 0 Å². The smallest absolute Gasteiger partial charge is 0.332 e. The van der Waals surface area contributed by atoms with E-state index in [9.17, 15) is 9.90 Å². The van der Waals surface area contributed by atoms with Crippen molar-refractivity contribution in [2.75, 3.05) is 6.54 Å². The summed E-state index contributed by atoms with van der Waals surface area (Å²) in [5, 5.41) is 12.7. The van der Waals surface area contributed by atoms with Crippen LogP contribution in [0.1, 0.15) is 45.1 Å². The second kappa shape index (κ2) is 6.37. The lowest BCUT2D eigenvalue weighted by atomic mass is 9.83. The minimum Gasteiger partial charge on any atom is -0.427 e. The molecule has 2 N–H and O–H groups in total. The van der Waals surface area contributed by atoms with Gasteiger partial charge in [0.05, 0.1) is 11.2 Å². The lowest BCUT2D eigenvalue weighted by Gasteiger charge is -2.37. The van der Waals surface area contributed by atoms with E-state index in [2.05, 4.69) is 10.3 Å². The van der Waals surface area contributed by atoms with Gasteiger partial charge in [0.25, 0.3) is 5.91 Å². The van der Waals surface area contributed by atoms with Gasteiger partial charge in [-0.15, -0.1) is 0 Å². The van der Waals surface area contributed by atoms with Crippen LogP contribution in [0.5, 0.6) is 0 Å². The van der Waals surface area contributed by atoms with Crippen LogP contribution in [0.15, 0.2) is 18.3 Å². The summed E-state index contributed by atoms with van der Waals surface area (Å²) in [4.78, 5) is 15.6. The fraction of sp³-hybridized carbons (Fsp3) is 0.571. The normalized spacial score (nSPS) is 12.1. The summed E-state index contributed by atoms with van der Waals surface area (Å²) in [6.45, 7) is 9.42. The maximum Gasteiger partial charge on any atom is 0.332 e. The first-order chi connectivity index (χ1) is 9.17. The molecule has 0 saturated heterocycles. The third kappa shape index (κ3) is 4.32. The molecule has 0 saturated carbocycles. The van der Waals surface area contributed by atoms with Crippen LogP contribution in [-0.2, 0) is 4.65 Å². The zero-order chi connectivity index (χ0) is 15.4. The summed E-state index contributed by atoms with van der Waals surface area (Å²) in [6, 6.07) is 3.38. The highest BCUT2D eigenvalue weighted by molar-refractivity contribution is 6.46. The lowest BCUT2D eigenvalue weighted by molar-refractivity contribution is -0.0893. The molecule has 0 spiro atoms. The molecule has 0 bridgehead atoms. The van der Waals surface area contributed by atoms with Crippen LogP contribution in [0.25, 0.3) is 0 Å². The standard InChI is InChI=1S/C14H22BN2O3/c1-6-16-12(18)11-8-7-10(9-17-11)15-20-14(4,5)13(2,3)19/h7-9,19H,6H2,1-5H3,(H,16,18). The van der Waals surface area contributed by atoms with Gasteiger partial charge in [0.15, 0.2) is 0 Å². The Morgan fingerprint density at radius 1 is 1.40 bits per heavy atom. The minimum absolute atomic E-state index is 0.197. The number of pyridine rings is 1. The maximum absolute atomic E-state index is 11.6. The molecule has 0 atom stereocenters. The van der Waals surface area contributed by atoms with Gasteiger partial charge in [0, 0.05) is 12.7 Å². The van der Waals surface area contributed by atoms with Crippen molar-refractivity contribution in [3.05, 3.63) is 24.0 Å². The second-order valence-corrected chi connectivity index (χ2v) is 5.64. The van der Waals surface area contributed by atoms with Gasteiger partial charge in [0.2, 0.25) is 0 Å². The molecule has 0 aliphatic rings. The molecule has 0 aromatic carbocycles. The molecule has 1 aromatic heterocycles. The number of carbonyl (C=O) groups is 1. The van der Waals surface area contributed by atoms with Crippen molar-refractivity contribution in [3.63, 3.8) is 0 Å². The molecule has 0 fully saturated rings. The number of nitrogens with one attached hydrogen (secondary N) is 1. The van der Waals surface area contributed by atoms with Gasteiger partial charge in [0.1, 0.15) is 5.69 Å². The summed E-state index contributed by atoms with van der Waals surface area (Å²) < 4.78 is 5.61. The van der Waals surface area contributed by atoms with Crippen LogP contribution < -0.4 is 10.8 Å². The number of hydrogen-bond acceptors (Lipinski definition) is 4. The highest BCUT2D eigenvalue weighted by Gasteiger charge is 2.35. The average molecular weight is 277 g/mol. The van der Waals surface area contributed by atoms with E-state index in [0.29, 0.717) is 12.2 Å². The van der Waals surface area contributed by atoms with Crippen LogP contribution in [-0.4, -0.2) is 41.2 Å². The van der Waals surface area contributed by atoms with E-state index in [0.717, 1.165) is 5.46 Å². The van der Waals surface area contributed by atoms with Crippen LogP contribution in [0, 0.1) is 0 Å². The van der Waals surface area contributed by atoms with Gasteiger partial charge in [-0.05, 0) is 46.1 Å². The summed E-state index contributed by atoms with van der Waals surface area (Å²) in [5.41, 5.74) is -0.607. The van der Waals surface area contributed by atoms with Gasteiger partial charge in [-0.25, -0.2) is 0 Å². The topological polar surface area (TPSA) is 71.5 Å². The monoisotopic (exact) mass is 277 g/mol. The molecule has 20 heavy (non-hydrogen) atoms. The number of aromatic nitrogens is 1. The predicted octanol–water partition coefficient (Wildman–Crippen LogP) is 0.642. The highest BCUT2D eigenvalue weighted by Crippen LogP contribution is 2.24. The molecule has 5 nitrogen and oxygen atoms in total. The summed E-state index contributed by atoms with van der Waals surface area (Å²) >= 11 is 0. The molecular formula is C14H22BN2O3. The third-order valence-electron chi connectivity index (χ3n) is 3.32. The Hall–Kier alpha value is -1.40. The summed E-state index contributed by atoms with van der Waals surface area (Å²) in [6.07, 6.45) is 1.56. The maximum atomic E-state index is 11.6.